The van der Waals surface area contributed by atoms with Gasteiger partial charge in [-0.15, -0.1) is 0 Å². The minimum Gasteiger partial charge on any atom is -0.492 e. The maximum absolute atomic E-state index is 12.7. The molecule has 7 nitrogen and oxygen atoms in total. The van der Waals surface area contributed by atoms with E-state index in [2.05, 4.69) is 10.0 Å². The average molecular weight is 439 g/mol. The van der Waals surface area contributed by atoms with Gasteiger partial charge in [0.25, 0.3) is 5.91 Å². The maximum Gasteiger partial charge on any atom is 0.255 e. The Balaban J connectivity index is 1.82. The molecular weight excluding hydrogens is 416 g/mol. The van der Waals surface area contributed by atoms with Crippen molar-refractivity contribution in [3.05, 3.63) is 53.1 Å². The first-order valence-electron chi connectivity index (χ1n) is 9.34. The minimum atomic E-state index is -3.77. The molecule has 0 aliphatic carbocycles. The number of carbonyl (C=O) groups excluding carboxylic acids is 1. The Morgan fingerprint density at radius 2 is 2.10 bits per heavy atom. The van der Waals surface area contributed by atoms with E-state index in [9.17, 15) is 13.2 Å². The van der Waals surface area contributed by atoms with Crippen LogP contribution in [0.25, 0.3) is 0 Å². The Hall–Kier alpha value is -2.13. The summed E-state index contributed by atoms with van der Waals surface area (Å²) < 4.78 is 38.9. The van der Waals surface area contributed by atoms with E-state index in [1.54, 1.807) is 25.1 Å². The molecule has 0 bridgehead atoms. The molecule has 1 aliphatic heterocycles. The second-order valence-electron chi connectivity index (χ2n) is 6.54. The molecule has 2 aromatic carbocycles. The largest absolute Gasteiger partial charge is 0.492 e. The van der Waals surface area contributed by atoms with E-state index in [1.165, 1.54) is 24.3 Å². The van der Waals surface area contributed by atoms with Gasteiger partial charge in [0.15, 0.2) is 0 Å². The van der Waals surface area contributed by atoms with Crippen molar-refractivity contribution in [2.24, 2.45) is 0 Å². The van der Waals surface area contributed by atoms with E-state index >= 15 is 0 Å². The van der Waals surface area contributed by atoms with E-state index in [0.29, 0.717) is 29.5 Å². The number of nitrogens with one attached hydrogen (secondary N) is 2. The predicted octanol–water partition coefficient (Wildman–Crippen LogP) is 3.45. The first kappa shape index (κ1) is 21.6. The Bertz CT molecular complexity index is 975. The van der Waals surface area contributed by atoms with E-state index in [1.807, 2.05) is 0 Å². The van der Waals surface area contributed by atoms with Crippen molar-refractivity contribution >= 4 is 33.2 Å². The molecule has 0 radical (unpaired) electrons. The predicted molar refractivity (Wildman–Crippen MR) is 111 cm³/mol. The van der Waals surface area contributed by atoms with Gasteiger partial charge in [0.05, 0.1) is 23.3 Å². The first-order valence-corrected chi connectivity index (χ1v) is 11.2. The number of hydrogen-bond acceptors (Lipinski definition) is 5. The third-order valence-corrected chi connectivity index (χ3v) is 6.08. The van der Waals surface area contributed by atoms with Crippen molar-refractivity contribution in [3.63, 3.8) is 0 Å². The molecule has 3 rings (SSSR count). The molecule has 1 atom stereocenters. The highest BCUT2D eigenvalue weighted by molar-refractivity contribution is 7.89. The molecule has 9 heteroatoms. The van der Waals surface area contributed by atoms with Crippen molar-refractivity contribution in [2.45, 2.75) is 30.8 Å². The molecule has 29 heavy (non-hydrogen) atoms. The van der Waals surface area contributed by atoms with Crippen LogP contribution in [0.5, 0.6) is 5.75 Å². The third kappa shape index (κ3) is 5.70. The highest BCUT2D eigenvalue weighted by atomic mass is 35.5. The van der Waals surface area contributed by atoms with Gasteiger partial charge in [-0.3, -0.25) is 4.79 Å². The Morgan fingerprint density at radius 1 is 1.28 bits per heavy atom. The number of sulfonamides is 1. The number of rotatable bonds is 8. The molecule has 1 amide bonds. The van der Waals surface area contributed by atoms with Crippen LogP contribution < -0.4 is 14.8 Å². The standard InChI is InChI=1S/C20H23ClN2O5S/c1-2-27-19-9-8-17(29(25,26)22-13-16-7-4-10-28-16)12-18(19)23-20(24)14-5-3-6-15(21)11-14/h3,5-6,8-9,11-12,16,22H,2,4,7,10,13H2,1H3,(H,23,24)/t16-/m0/s1. The van der Waals surface area contributed by atoms with Gasteiger partial charge < -0.3 is 14.8 Å². The van der Waals surface area contributed by atoms with Crippen molar-refractivity contribution in [1.82, 2.24) is 4.72 Å². The fraction of sp³-hybridized carbons (Fsp3) is 0.350. The van der Waals surface area contributed by atoms with E-state index < -0.39 is 15.9 Å². The van der Waals surface area contributed by atoms with Crippen molar-refractivity contribution < 1.29 is 22.7 Å². The van der Waals surface area contributed by atoms with Crippen molar-refractivity contribution in [2.75, 3.05) is 25.1 Å². The number of halogens is 1. The number of anilines is 1. The molecule has 0 unspecified atom stereocenters. The molecule has 1 heterocycles. The highest BCUT2D eigenvalue weighted by Gasteiger charge is 2.22. The molecular formula is C20H23ClN2O5S. The minimum absolute atomic E-state index is 0.0281. The summed E-state index contributed by atoms with van der Waals surface area (Å²) in [6, 6.07) is 10.8. The number of benzene rings is 2. The summed E-state index contributed by atoms with van der Waals surface area (Å²) in [4.78, 5) is 12.6. The molecule has 0 saturated carbocycles. The SMILES string of the molecule is CCOc1ccc(S(=O)(=O)NC[C@@H]2CCCO2)cc1NC(=O)c1cccc(Cl)c1. The van der Waals surface area contributed by atoms with Crippen LogP contribution in [0, 0.1) is 0 Å². The van der Waals surface area contributed by atoms with Crippen LogP contribution in [-0.2, 0) is 14.8 Å². The van der Waals surface area contributed by atoms with E-state index in [-0.39, 0.29) is 23.2 Å². The molecule has 2 N–H and O–H groups in total. The summed E-state index contributed by atoms with van der Waals surface area (Å²) in [5.74, 6) is -0.0451. The van der Waals surface area contributed by atoms with E-state index in [0.717, 1.165) is 12.8 Å². The summed E-state index contributed by atoms with van der Waals surface area (Å²) in [5.41, 5.74) is 0.613. The Kier molecular flexibility index (Phi) is 7.13. The third-order valence-electron chi connectivity index (χ3n) is 4.42. The van der Waals surface area contributed by atoms with Gasteiger partial charge in [-0.2, -0.15) is 0 Å². The molecule has 1 aliphatic rings. The Morgan fingerprint density at radius 3 is 2.79 bits per heavy atom. The van der Waals surface area contributed by atoms with Crippen LogP contribution in [0.4, 0.5) is 5.69 Å². The number of amides is 1. The lowest BCUT2D eigenvalue weighted by molar-refractivity contribution is 0.102. The Labute approximate surface area is 175 Å². The van der Waals surface area contributed by atoms with Gasteiger partial charge in [0, 0.05) is 23.7 Å². The maximum atomic E-state index is 12.7. The smallest absolute Gasteiger partial charge is 0.255 e. The topological polar surface area (TPSA) is 93.7 Å². The molecule has 156 valence electrons. The normalized spacial score (nSPS) is 16.6. The van der Waals surface area contributed by atoms with Gasteiger partial charge in [-0.05, 0) is 56.2 Å². The fourth-order valence-corrected chi connectivity index (χ4v) is 4.25. The van der Waals surface area contributed by atoms with Crippen molar-refractivity contribution in [1.29, 1.82) is 0 Å². The summed E-state index contributed by atoms with van der Waals surface area (Å²) >= 11 is 5.94. The summed E-state index contributed by atoms with van der Waals surface area (Å²) in [7, 11) is -3.77. The fourth-order valence-electron chi connectivity index (χ4n) is 2.97. The molecule has 0 aromatic heterocycles. The first-order chi connectivity index (χ1) is 13.9. The van der Waals surface area contributed by atoms with Gasteiger partial charge in [0.1, 0.15) is 5.75 Å². The monoisotopic (exact) mass is 438 g/mol. The van der Waals surface area contributed by atoms with Crippen LogP contribution >= 0.6 is 11.6 Å². The van der Waals surface area contributed by atoms with Crippen molar-refractivity contribution in [3.8, 4) is 5.75 Å². The van der Waals surface area contributed by atoms with Gasteiger partial charge >= 0.3 is 0 Å². The van der Waals surface area contributed by atoms with Gasteiger partial charge in [0.2, 0.25) is 10.0 Å². The van der Waals surface area contributed by atoms with Crippen LogP contribution in [0.3, 0.4) is 0 Å². The van der Waals surface area contributed by atoms with Crippen LogP contribution in [0.1, 0.15) is 30.1 Å². The zero-order chi connectivity index (χ0) is 20.9. The lowest BCUT2D eigenvalue weighted by Crippen LogP contribution is -2.31. The summed E-state index contributed by atoms with van der Waals surface area (Å²) in [6.07, 6.45) is 1.64. The molecule has 1 fully saturated rings. The lowest BCUT2D eigenvalue weighted by atomic mass is 10.2. The number of ether oxygens (including phenoxy) is 2. The van der Waals surface area contributed by atoms with Crippen LogP contribution in [-0.4, -0.2) is 40.2 Å². The second-order valence-corrected chi connectivity index (χ2v) is 8.75. The number of hydrogen-bond donors (Lipinski definition) is 2. The summed E-state index contributed by atoms with van der Waals surface area (Å²) in [5, 5.41) is 3.14. The summed E-state index contributed by atoms with van der Waals surface area (Å²) in [6.45, 7) is 3.02. The second kappa shape index (κ2) is 9.58. The highest BCUT2D eigenvalue weighted by Crippen LogP contribution is 2.29. The molecule has 2 aromatic rings. The quantitative estimate of drug-likeness (QED) is 0.658. The van der Waals surface area contributed by atoms with E-state index in [4.69, 9.17) is 21.1 Å². The zero-order valence-electron chi connectivity index (χ0n) is 16.0. The zero-order valence-corrected chi connectivity index (χ0v) is 17.6. The lowest BCUT2D eigenvalue weighted by Gasteiger charge is -2.15. The average Bonchev–Trinajstić information content (AvgIpc) is 3.21. The number of carbonyl (C=O) groups is 1. The van der Waals surface area contributed by atoms with Gasteiger partial charge in [-0.25, -0.2) is 13.1 Å². The molecule has 1 saturated heterocycles. The van der Waals surface area contributed by atoms with Crippen LogP contribution in [0.2, 0.25) is 5.02 Å². The molecule has 0 spiro atoms. The van der Waals surface area contributed by atoms with Crippen LogP contribution in [0.15, 0.2) is 47.4 Å². The van der Waals surface area contributed by atoms with Gasteiger partial charge in [-0.1, -0.05) is 17.7 Å².